The first-order valence-corrected chi connectivity index (χ1v) is 7.14. The average molecular weight is 282 g/mol. The maximum atomic E-state index is 12.2. The van der Waals surface area contributed by atoms with Crippen LogP contribution in [0.4, 0.5) is 0 Å². The molecule has 0 aliphatic heterocycles. The predicted molar refractivity (Wildman–Crippen MR) is 70.0 cm³/mol. The highest BCUT2D eigenvalue weighted by molar-refractivity contribution is 7.89. The minimum atomic E-state index is -3.82. The number of sulfonamides is 1. The summed E-state index contributed by atoms with van der Waals surface area (Å²) >= 11 is 0. The Morgan fingerprint density at radius 2 is 1.89 bits per heavy atom. The minimum absolute atomic E-state index is 0.0741. The van der Waals surface area contributed by atoms with E-state index in [0.29, 0.717) is 10.9 Å². The van der Waals surface area contributed by atoms with Crippen molar-refractivity contribution in [3.05, 3.63) is 36.5 Å². The fraction of sp³-hybridized carbons (Fsp3) is 0.250. The molecule has 3 N–H and O–H groups in total. The zero-order valence-corrected chi connectivity index (χ0v) is 10.8. The number of aromatic nitrogens is 1. The van der Waals surface area contributed by atoms with Gasteiger partial charge in [-0.3, -0.25) is 4.98 Å². The monoisotopic (exact) mass is 282 g/mol. The van der Waals surface area contributed by atoms with Crippen LogP contribution in [0.3, 0.4) is 0 Å². The molecule has 6 nitrogen and oxygen atoms in total. The van der Waals surface area contributed by atoms with Gasteiger partial charge in [-0.1, -0.05) is 6.07 Å². The molecule has 2 aromatic rings. The maximum absolute atomic E-state index is 12.2. The molecular weight excluding hydrogens is 268 g/mol. The van der Waals surface area contributed by atoms with E-state index in [1.54, 1.807) is 30.5 Å². The van der Waals surface area contributed by atoms with E-state index in [2.05, 4.69) is 9.71 Å². The van der Waals surface area contributed by atoms with Crippen LogP contribution < -0.4 is 4.72 Å². The minimum Gasteiger partial charge on any atom is -0.395 e. The normalized spacial score (nSPS) is 12.2. The molecule has 0 aliphatic carbocycles. The Morgan fingerprint density at radius 3 is 2.58 bits per heavy atom. The molecule has 0 aliphatic rings. The molecule has 0 unspecified atom stereocenters. The van der Waals surface area contributed by atoms with Crippen LogP contribution in [0.2, 0.25) is 0 Å². The molecule has 102 valence electrons. The van der Waals surface area contributed by atoms with Crippen LogP contribution in [0.5, 0.6) is 0 Å². The van der Waals surface area contributed by atoms with E-state index in [1.807, 2.05) is 0 Å². The van der Waals surface area contributed by atoms with Crippen molar-refractivity contribution in [1.29, 1.82) is 0 Å². The third-order valence-corrected chi connectivity index (χ3v) is 4.24. The summed E-state index contributed by atoms with van der Waals surface area (Å²) in [5, 5.41) is 18.4. The Hall–Kier alpha value is -1.54. The molecule has 1 aromatic carbocycles. The first-order chi connectivity index (χ1) is 9.08. The molecule has 0 radical (unpaired) electrons. The van der Waals surface area contributed by atoms with Gasteiger partial charge in [0.05, 0.1) is 29.7 Å². The summed E-state index contributed by atoms with van der Waals surface area (Å²) in [7, 11) is -3.82. The highest BCUT2D eigenvalue weighted by atomic mass is 32.2. The number of benzene rings is 1. The summed E-state index contributed by atoms with van der Waals surface area (Å²) in [5.41, 5.74) is 0.565. The molecule has 0 amide bonds. The van der Waals surface area contributed by atoms with Gasteiger partial charge in [0.2, 0.25) is 10.0 Å². The summed E-state index contributed by atoms with van der Waals surface area (Å²) in [6.45, 7) is -0.947. The van der Waals surface area contributed by atoms with Gasteiger partial charge in [0.1, 0.15) is 0 Å². The number of rotatable bonds is 5. The van der Waals surface area contributed by atoms with E-state index in [-0.39, 0.29) is 4.90 Å². The van der Waals surface area contributed by atoms with Crippen molar-refractivity contribution >= 4 is 20.9 Å². The summed E-state index contributed by atoms with van der Waals surface area (Å²) < 4.78 is 26.7. The largest absolute Gasteiger partial charge is 0.395 e. The second-order valence-electron chi connectivity index (χ2n) is 4.01. The number of hydrogen-bond donors (Lipinski definition) is 3. The molecule has 1 heterocycles. The van der Waals surface area contributed by atoms with Crippen molar-refractivity contribution in [2.45, 2.75) is 10.9 Å². The van der Waals surface area contributed by atoms with Gasteiger partial charge < -0.3 is 10.2 Å². The average Bonchev–Trinajstić information content (AvgIpc) is 2.44. The molecule has 0 bridgehead atoms. The van der Waals surface area contributed by atoms with Gasteiger partial charge in [-0.25, -0.2) is 13.1 Å². The molecule has 0 saturated carbocycles. The number of fused-ring (bicyclic) bond motifs is 1. The summed E-state index contributed by atoms with van der Waals surface area (Å²) in [4.78, 5) is 4.16. The zero-order chi connectivity index (χ0) is 13.9. The van der Waals surface area contributed by atoms with Crippen molar-refractivity contribution in [1.82, 2.24) is 9.71 Å². The molecule has 0 saturated heterocycles. The third-order valence-electron chi connectivity index (χ3n) is 2.66. The van der Waals surface area contributed by atoms with Crippen LogP contribution >= 0.6 is 0 Å². The van der Waals surface area contributed by atoms with E-state index in [0.717, 1.165) is 0 Å². The second kappa shape index (κ2) is 5.62. The van der Waals surface area contributed by atoms with E-state index >= 15 is 0 Å². The third kappa shape index (κ3) is 2.90. The highest BCUT2D eigenvalue weighted by Gasteiger charge is 2.21. The summed E-state index contributed by atoms with van der Waals surface area (Å²) in [6, 6.07) is 7.15. The molecule has 0 spiro atoms. The topological polar surface area (TPSA) is 99.5 Å². The van der Waals surface area contributed by atoms with E-state index in [1.165, 1.54) is 6.07 Å². The standard InChI is InChI=1S/C12H14N2O4S/c15-7-9(8-16)14-19(17,18)12-5-1-4-11-10(12)3-2-6-13-11/h1-6,9,14-16H,7-8H2. The highest BCUT2D eigenvalue weighted by Crippen LogP contribution is 2.21. The van der Waals surface area contributed by atoms with Crippen LogP contribution in [0.1, 0.15) is 0 Å². The first-order valence-electron chi connectivity index (χ1n) is 5.66. The van der Waals surface area contributed by atoms with Crippen molar-refractivity contribution in [2.24, 2.45) is 0 Å². The van der Waals surface area contributed by atoms with Crippen LogP contribution in [0, 0.1) is 0 Å². The van der Waals surface area contributed by atoms with Crippen LogP contribution in [0.15, 0.2) is 41.4 Å². The predicted octanol–water partition coefficient (Wildman–Crippen LogP) is -0.134. The molecule has 19 heavy (non-hydrogen) atoms. The van der Waals surface area contributed by atoms with E-state index in [9.17, 15) is 8.42 Å². The van der Waals surface area contributed by atoms with Gasteiger partial charge in [0.15, 0.2) is 0 Å². The van der Waals surface area contributed by atoms with Crippen LogP contribution in [-0.2, 0) is 10.0 Å². The van der Waals surface area contributed by atoms with Gasteiger partial charge in [-0.2, -0.15) is 0 Å². The fourth-order valence-electron chi connectivity index (χ4n) is 1.72. The SMILES string of the molecule is O=S(=O)(NC(CO)CO)c1cccc2ncccc12. The lowest BCUT2D eigenvalue weighted by molar-refractivity contribution is 0.185. The van der Waals surface area contributed by atoms with Gasteiger partial charge in [0.25, 0.3) is 0 Å². The van der Waals surface area contributed by atoms with Crippen molar-refractivity contribution in [3.63, 3.8) is 0 Å². The Balaban J connectivity index is 2.49. The maximum Gasteiger partial charge on any atom is 0.241 e. The lowest BCUT2D eigenvalue weighted by Gasteiger charge is -2.14. The molecule has 2 rings (SSSR count). The Labute approximate surface area is 110 Å². The number of nitrogens with zero attached hydrogens (tertiary/aromatic N) is 1. The van der Waals surface area contributed by atoms with Crippen molar-refractivity contribution in [3.8, 4) is 0 Å². The molecule has 7 heteroatoms. The van der Waals surface area contributed by atoms with E-state index < -0.39 is 29.3 Å². The Bertz CT molecular complexity index is 663. The van der Waals surface area contributed by atoms with Gasteiger partial charge >= 0.3 is 0 Å². The quantitative estimate of drug-likeness (QED) is 0.709. The zero-order valence-electron chi connectivity index (χ0n) is 10.0. The number of aliphatic hydroxyl groups is 2. The van der Waals surface area contributed by atoms with E-state index in [4.69, 9.17) is 10.2 Å². The van der Waals surface area contributed by atoms with Gasteiger partial charge in [-0.15, -0.1) is 0 Å². The lowest BCUT2D eigenvalue weighted by atomic mass is 10.2. The molecule has 0 fully saturated rings. The van der Waals surface area contributed by atoms with Crippen LogP contribution in [0.25, 0.3) is 10.9 Å². The Kier molecular flexibility index (Phi) is 4.11. The molecule has 1 aromatic heterocycles. The first kappa shape index (κ1) is 13.9. The number of hydrogen-bond acceptors (Lipinski definition) is 5. The second-order valence-corrected chi connectivity index (χ2v) is 5.69. The van der Waals surface area contributed by atoms with Crippen LogP contribution in [-0.4, -0.2) is 42.9 Å². The van der Waals surface area contributed by atoms with Gasteiger partial charge in [0, 0.05) is 11.6 Å². The summed E-state index contributed by atoms with van der Waals surface area (Å²) in [5.74, 6) is 0. The van der Waals surface area contributed by atoms with Crippen molar-refractivity contribution in [2.75, 3.05) is 13.2 Å². The smallest absolute Gasteiger partial charge is 0.241 e. The fourth-order valence-corrected chi connectivity index (χ4v) is 3.16. The Morgan fingerprint density at radius 1 is 1.16 bits per heavy atom. The lowest BCUT2D eigenvalue weighted by Crippen LogP contribution is -2.40. The summed E-state index contributed by atoms with van der Waals surface area (Å²) in [6.07, 6.45) is 1.58. The number of nitrogens with one attached hydrogen (secondary N) is 1. The van der Waals surface area contributed by atoms with Crippen molar-refractivity contribution < 1.29 is 18.6 Å². The molecular formula is C12H14N2O4S. The number of pyridine rings is 1. The number of aliphatic hydroxyl groups excluding tert-OH is 2. The van der Waals surface area contributed by atoms with Gasteiger partial charge in [-0.05, 0) is 24.3 Å². The molecule has 0 atom stereocenters.